The first kappa shape index (κ1) is 16.2. The minimum absolute atomic E-state index is 0.268. The fourth-order valence-corrected chi connectivity index (χ4v) is 2.74. The average Bonchev–Trinajstić information content (AvgIpc) is 2.34. The van der Waals surface area contributed by atoms with E-state index >= 15 is 0 Å². The highest BCUT2D eigenvalue weighted by molar-refractivity contribution is 6.74. The Bertz CT molecular complexity index is 401. The van der Waals surface area contributed by atoms with Gasteiger partial charge in [0.15, 0.2) is 8.32 Å². The number of hydrogen-bond acceptors (Lipinski definition) is 1. The lowest BCUT2D eigenvalue weighted by Crippen LogP contribution is -2.41. The molecule has 0 fully saturated rings. The van der Waals surface area contributed by atoms with Gasteiger partial charge in [-0.05, 0) is 30.6 Å². The maximum Gasteiger partial charge on any atom is 0.192 e. The van der Waals surface area contributed by atoms with Gasteiger partial charge in [0, 0.05) is 12.5 Å². The van der Waals surface area contributed by atoms with E-state index in [1.165, 1.54) is 5.56 Å². The molecule has 0 bridgehead atoms. The second-order valence-electron chi connectivity index (χ2n) is 6.61. The fourth-order valence-electron chi connectivity index (χ4n) is 1.71. The van der Waals surface area contributed by atoms with Crippen LogP contribution in [0.3, 0.4) is 0 Å². The van der Waals surface area contributed by atoms with Crippen LogP contribution in [0, 0.1) is 0 Å². The second kappa shape index (κ2) is 6.53. The van der Waals surface area contributed by atoms with Crippen LogP contribution >= 0.6 is 0 Å². The van der Waals surface area contributed by atoms with Gasteiger partial charge in [-0.15, -0.1) is 0 Å². The van der Waals surface area contributed by atoms with Gasteiger partial charge < -0.3 is 4.43 Å². The molecule has 19 heavy (non-hydrogen) atoms. The summed E-state index contributed by atoms with van der Waals surface area (Å²) < 4.78 is 6.35. The van der Waals surface area contributed by atoms with E-state index in [9.17, 15) is 0 Å². The highest BCUT2D eigenvalue weighted by atomic mass is 28.4. The summed E-state index contributed by atoms with van der Waals surface area (Å²) >= 11 is 0. The van der Waals surface area contributed by atoms with Crippen LogP contribution in [0.2, 0.25) is 18.1 Å². The first-order valence-corrected chi connectivity index (χ1v) is 10.0. The van der Waals surface area contributed by atoms with Crippen LogP contribution in [0.15, 0.2) is 42.5 Å². The molecule has 1 atom stereocenters. The molecule has 1 aromatic rings. The van der Waals surface area contributed by atoms with E-state index in [1.807, 2.05) is 0 Å². The van der Waals surface area contributed by atoms with Crippen LogP contribution in [-0.2, 0) is 4.43 Å². The van der Waals surface area contributed by atoms with Gasteiger partial charge in [-0.25, -0.2) is 0 Å². The van der Waals surface area contributed by atoms with E-state index in [-0.39, 0.29) is 5.04 Å². The van der Waals surface area contributed by atoms with E-state index < -0.39 is 8.32 Å². The molecule has 0 aliphatic heterocycles. The van der Waals surface area contributed by atoms with E-state index in [0.29, 0.717) is 5.92 Å². The molecule has 106 valence electrons. The molecule has 1 aromatic carbocycles. The van der Waals surface area contributed by atoms with Crippen molar-refractivity contribution in [1.82, 2.24) is 0 Å². The van der Waals surface area contributed by atoms with Gasteiger partial charge in [0.25, 0.3) is 0 Å². The number of hydrogen-bond donors (Lipinski definition) is 0. The molecule has 1 unspecified atom stereocenters. The van der Waals surface area contributed by atoms with Crippen LogP contribution in [0.5, 0.6) is 0 Å². The molecule has 2 heteroatoms. The molecular weight excluding hydrogens is 248 g/mol. The zero-order chi connectivity index (χ0) is 14.5. The second-order valence-corrected chi connectivity index (χ2v) is 11.4. The quantitative estimate of drug-likeness (QED) is 0.519. The Kier molecular flexibility index (Phi) is 5.57. The fraction of sp³-hybridized carbons (Fsp3) is 0.529. The molecule has 1 nitrogen and oxygen atoms in total. The lowest BCUT2D eigenvalue weighted by atomic mass is 10.00. The Labute approximate surface area is 119 Å². The van der Waals surface area contributed by atoms with Gasteiger partial charge in [0.1, 0.15) is 0 Å². The number of rotatable bonds is 5. The predicted octanol–water partition coefficient (Wildman–Crippen LogP) is 5.37. The normalized spacial score (nSPS) is 14.8. The van der Waals surface area contributed by atoms with Crippen molar-refractivity contribution in [2.75, 3.05) is 6.61 Å². The van der Waals surface area contributed by atoms with Crippen LogP contribution in [-0.4, -0.2) is 14.9 Å². The topological polar surface area (TPSA) is 9.23 Å². The molecule has 0 radical (unpaired) electrons. The Morgan fingerprint density at radius 2 is 1.74 bits per heavy atom. The Morgan fingerprint density at radius 3 is 2.21 bits per heavy atom. The highest BCUT2D eigenvalue weighted by Gasteiger charge is 2.37. The Hall–Kier alpha value is -0.863. The molecule has 0 saturated carbocycles. The largest absolute Gasteiger partial charge is 0.416 e. The third kappa shape index (κ3) is 4.63. The zero-order valence-corrected chi connectivity index (χ0v) is 14.2. The molecule has 0 spiro atoms. The molecule has 1 rings (SSSR count). The molecule has 0 aliphatic carbocycles. The summed E-state index contributed by atoms with van der Waals surface area (Å²) in [5.74, 6) is 0.361. The Morgan fingerprint density at radius 1 is 1.16 bits per heavy atom. The summed E-state index contributed by atoms with van der Waals surface area (Å²) in [6, 6.07) is 10.6. The van der Waals surface area contributed by atoms with Crippen molar-refractivity contribution in [3.05, 3.63) is 48.0 Å². The van der Waals surface area contributed by atoms with Crippen LogP contribution in [0.25, 0.3) is 0 Å². The maximum absolute atomic E-state index is 6.35. The van der Waals surface area contributed by atoms with Crippen molar-refractivity contribution in [2.45, 2.75) is 51.7 Å². The smallest absolute Gasteiger partial charge is 0.192 e. The molecule has 0 aliphatic rings. The van der Waals surface area contributed by atoms with Crippen molar-refractivity contribution in [1.29, 1.82) is 0 Å². The first-order valence-electron chi connectivity index (χ1n) is 7.09. The molecule has 0 heterocycles. The number of benzene rings is 1. The van der Waals surface area contributed by atoms with Gasteiger partial charge in [0.2, 0.25) is 0 Å². The minimum atomic E-state index is -1.66. The molecule has 0 amide bonds. The van der Waals surface area contributed by atoms with Crippen molar-refractivity contribution in [2.24, 2.45) is 0 Å². The van der Waals surface area contributed by atoms with Gasteiger partial charge in [0.05, 0.1) is 0 Å². The third-order valence-corrected chi connectivity index (χ3v) is 8.58. The lowest BCUT2D eigenvalue weighted by Gasteiger charge is -2.37. The van der Waals surface area contributed by atoms with Gasteiger partial charge >= 0.3 is 0 Å². The summed E-state index contributed by atoms with van der Waals surface area (Å²) in [6.45, 7) is 14.3. The van der Waals surface area contributed by atoms with E-state index in [1.54, 1.807) is 0 Å². The van der Waals surface area contributed by atoms with E-state index in [2.05, 4.69) is 83.3 Å². The standard InChI is InChI=1S/C17H28OSi/c1-7-11-16(15-12-9-8-10-13-15)14-18-19(5,6)17(2,3)4/h7-13,16H,14H2,1-6H3/b11-7+. The molecular formula is C17H28OSi. The average molecular weight is 276 g/mol. The molecule has 0 aromatic heterocycles. The van der Waals surface area contributed by atoms with Crippen LogP contribution < -0.4 is 0 Å². The predicted molar refractivity (Wildman–Crippen MR) is 87.1 cm³/mol. The van der Waals surface area contributed by atoms with E-state index in [4.69, 9.17) is 4.43 Å². The summed E-state index contributed by atoms with van der Waals surface area (Å²) in [5.41, 5.74) is 1.33. The molecule has 0 N–H and O–H groups in total. The monoisotopic (exact) mass is 276 g/mol. The summed E-state index contributed by atoms with van der Waals surface area (Å²) in [7, 11) is -1.66. The van der Waals surface area contributed by atoms with Crippen molar-refractivity contribution >= 4 is 8.32 Å². The van der Waals surface area contributed by atoms with Gasteiger partial charge in [-0.1, -0.05) is 63.3 Å². The third-order valence-electron chi connectivity index (χ3n) is 4.08. The summed E-state index contributed by atoms with van der Waals surface area (Å²) in [4.78, 5) is 0. The SMILES string of the molecule is C/C=C/C(CO[Si](C)(C)C(C)(C)C)c1ccccc1. The Balaban J connectivity index is 2.77. The van der Waals surface area contributed by atoms with Crippen molar-refractivity contribution in [3.8, 4) is 0 Å². The molecule has 0 saturated heterocycles. The maximum atomic E-state index is 6.35. The minimum Gasteiger partial charge on any atom is -0.416 e. The zero-order valence-electron chi connectivity index (χ0n) is 13.2. The van der Waals surface area contributed by atoms with Gasteiger partial charge in [-0.3, -0.25) is 0 Å². The van der Waals surface area contributed by atoms with Crippen LogP contribution in [0.1, 0.15) is 39.2 Å². The van der Waals surface area contributed by atoms with Gasteiger partial charge in [-0.2, -0.15) is 0 Å². The summed E-state index contributed by atoms with van der Waals surface area (Å²) in [6.07, 6.45) is 4.36. The van der Waals surface area contributed by atoms with Crippen molar-refractivity contribution in [3.63, 3.8) is 0 Å². The highest BCUT2D eigenvalue weighted by Crippen LogP contribution is 2.37. The van der Waals surface area contributed by atoms with E-state index in [0.717, 1.165) is 6.61 Å². The van der Waals surface area contributed by atoms with Crippen molar-refractivity contribution < 1.29 is 4.43 Å². The lowest BCUT2D eigenvalue weighted by molar-refractivity contribution is 0.278. The number of allylic oxidation sites excluding steroid dienone is 1. The van der Waals surface area contributed by atoms with Crippen LogP contribution in [0.4, 0.5) is 0 Å². The summed E-state index contributed by atoms with van der Waals surface area (Å²) in [5, 5.41) is 0.268. The first-order chi connectivity index (χ1) is 8.78.